The van der Waals surface area contributed by atoms with Gasteiger partial charge in [0.15, 0.2) is 11.5 Å². The fraction of sp³-hybridized carbons (Fsp3) is 0. The quantitative estimate of drug-likeness (QED) is 0.236. The highest BCUT2D eigenvalue weighted by molar-refractivity contribution is 5.95. The van der Waals surface area contributed by atoms with Crippen LogP contribution in [-0.2, 0) is 0 Å². The minimum absolute atomic E-state index is 0.0629. The number of hydrogen-bond acceptors (Lipinski definition) is 7. The van der Waals surface area contributed by atoms with Crippen LogP contribution in [0, 0.1) is 17.0 Å². The molecule has 12 heteroatoms. The molecule has 5 N–H and O–H groups in total. The molecule has 10 nitrogen and oxygen atoms in total. The summed E-state index contributed by atoms with van der Waals surface area (Å²) in [6, 6.07) is 9.80. The van der Waals surface area contributed by atoms with Crippen molar-refractivity contribution in [3.63, 3.8) is 0 Å². The van der Waals surface area contributed by atoms with E-state index in [1.165, 1.54) is 24.5 Å². The number of rotatable bonds is 7. The molecule has 4 aromatic rings. The lowest BCUT2D eigenvalue weighted by atomic mass is 10.2. The molecule has 0 fully saturated rings. The first-order valence-corrected chi connectivity index (χ1v) is 9.48. The number of halogens is 2. The third-order valence-electron chi connectivity index (χ3n) is 4.54. The van der Waals surface area contributed by atoms with Gasteiger partial charge in [0.25, 0.3) is 11.8 Å². The topological polar surface area (TPSA) is 157 Å². The van der Waals surface area contributed by atoms with Crippen molar-refractivity contribution >= 4 is 11.8 Å². The summed E-state index contributed by atoms with van der Waals surface area (Å²) < 4.78 is 41.9. The van der Waals surface area contributed by atoms with E-state index >= 15 is 0 Å². The van der Waals surface area contributed by atoms with E-state index in [1.807, 2.05) is 0 Å². The Morgan fingerprint density at radius 2 is 1.82 bits per heavy atom. The van der Waals surface area contributed by atoms with E-state index in [-0.39, 0.29) is 17.1 Å². The van der Waals surface area contributed by atoms with Gasteiger partial charge in [-0.25, -0.2) is 9.78 Å². The zero-order valence-electron chi connectivity index (χ0n) is 17.1. The second-order valence-corrected chi connectivity index (χ2v) is 6.80. The van der Waals surface area contributed by atoms with E-state index in [2.05, 4.69) is 9.97 Å². The molecular weight excluding hydrogens is 452 g/mol. The van der Waals surface area contributed by atoms with Gasteiger partial charge in [0.2, 0.25) is 11.6 Å². The number of carboxylic acid groups (broad SMARTS) is 1. The Morgan fingerprint density at radius 3 is 2.47 bits per heavy atom. The number of nitrogens with one attached hydrogen (secondary N) is 1. The molecular formula is C22H15F2N5O5. The molecule has 0 unspecified atom stereocenters. The summed E-state index contributed by atoms with van der Waals surface area (Å²) in [4.78, 5) is 19.1. The summed E-state index contributed by atoms with van der Waals surface area (Å²) in [7, 11) is 0. The maximum Gasteiger partial charge on any atom is 0.342 e. The number of ether oxygens (including phenoxy) is 2. The van der Waals surface area contributed by atoms with E-state index in [0.29, 0.717) is 5.69 Å². The fourth-order valence-electron chi connectivity index (χ4n) is 2.92. The van der Waals surface area contributed by atoms with Crippen LogP contribution in [0.1, 0.15) is 15.9 Å². The minimum atomic E-state index is -1.93. The number of phenolic OH excluding ortho intramolecular Hbond substituents is 1. The van der Waals surface area contributed by atoms with Crippen molar-refractivity contribution < 1.29 is 33.3 Å². The number of benzene rings is 2. The average Bonchev–Trinajstić information content (AvgIpc) is 3.33. The molecule has 0 bridgehead atoms. The number of carboxylic acids is 1. The fourth-order valence-corrected chi connectivity index (χ4v) is 2.92. The van der Waals surface area contributed by atoms with E-state index in [4.69, 9.17) is 20.6 Å². The molecule has 0 spiro atoms. The van der Waals surface area contributed by atoms with Crippen molar-refractivity contribution in [1.29, 1.82) is 5.41 Å². The number of aromatic nitrogens is 3. The molecule has 0 atom stereocenters. The Balaban J connectivity index is 1.76. The first-order chi connectivity index (χ1) is 16.2. The van der Waals surface area contributed by atoms with Crippen LogP contribution in [0.25, 0.3) is 5.69 Å². The van der Waals surface area contributed by atoms with Crippen molar-refractivity contribution in [3.05, 3.63) is 83.9 Å². The van der Waals surface area contributed by atoms with Crippen LogP contribution >= 0.6 is 0 Å². The summed E-state index contributed by atoms with van der Waals surface area (Å²) in [5.41, 5.74) is 4.76. The van der Waals surface area contributed by atoms with Crippen molar-refractivity contribution in [2.75, 3.05) is 0 Å². The molecule has 2 aromatic heterocycles. The van der Waals surface area contributed by atoms with Gasteiger partial charge in [-0.05, 0) is 30.3 Å². The largest absolute Gasteiger partial charge is 0.504 e. The Labute approximate surface area is 190 Å². The van der Waals surface area contributed by atoms with Crippen LogP contribution in [0.15, 0.2) is 61.2 Å². The van der Waals surface area contributed by atoms with Crippen LogP contribution in [0.2, 0.25) is 0 Å². The van der Waals surface area contributed by atoms with Gasteiger partial charge in [-0.1, -0.05) is 6.07 Å². The molecule has 0 aliphatic heterocycles. The molecule has 0 saturated carbocycles. The third-order valence-corrected chi connectivity index (χ3v) is 4.54. The van der Waals surface area contributed by atoms with Gasteiger partial charge in [0, 0.05) is 24.0 Å². The highest BCUT2D eigenvalue weighted by Gasteiger charge is 2.28. The van der Waals surface area contributed by atoms with E-state index in [1.54, 1.807) is 29.1 Å². The van der Waals surface area contributed by atoms with E-state index in [9.17, 15) is 23.8 Å². The van der Waals surface area contributed by atoms with Gasteiger partial charge in [-0.15, -0.1) is 0 Å². The molecule has 2 heterocycles. The van der Waals surface area contributed by atoms with Gasteiger partial charge in [-0.2, -0.15) is 13.8 Å². The van der Waals surface area contributed by atoms with Crippen LogP contribution < -0.4 is 15.2 Å². The first-order valence-electron chi connectivity index (χ1n) is 9.48. The maximum atomic E-state index is 14.8. The van der Waals surface area contributed by atoms with Crippen molar-refractivity contribution in [2.24, 2.45) is 5.73 Å². The molecule has 0 radical (unpaired) electrons. The van der Waals surface area contributed by atoms with Crippen LogP contribution in [0.3, 0.4) is 0 Å². The number of nitrogens with zero attached hydrogens (tertiary/aromatic N) is 3. The Kier molecular flexibility index (Phi) is 5.79. The number of aromatic hydroxyl groups is 1. The smallest absolute Gasteiger partial charge is 0.342 e. The van der Waals surface area contributed by atoms with Gasteiger partial charge in [-0.3, -0.25) is 5.41 Å². The van der Waals surface area contributed by atoms with Crippen LogP contribution in [0.4, 0.5) is 8.78 Å². The minimum Gasteiger partial charge on any atom is -0.504 e. The lowest BCUT2D eigenvalue weighted by Crippen LogP contribution is -2.11. The predicted molar refractivity (Wildman–Crippen MR) is 114 cm³/mol. The molecule has 0 aliphatic carbocycles. The standard InChI is InChI=1S/C22H15F2N5O5/c23-17-16(22(31)32)18(24)21(34-15-8-11(19(25)26)4-5-14(15)30)28-20(17)33-13-3-1-2-12(9-13)29-7-6-27-10-29/h1-10,30H,(H3,25,26)(H,31,32). The summed E-state index contributed by atoms with van der Waals surface area (Å²) in [6.07, 6.45) is 4.73. The molecule has 0 aliphatic rings. The number of pyridine rings is 1. The number of nitrogen functional groups attached to an aromatic ring is 1. The number of hydrogen-bond donors (Lipinski definition) is 4. The Hall–Kier alpha value is -5.00. The molecule has 4 rings (SSSR count). The van der Waals surface area contributed by atoms with Crippen LogP contribution in [-0.4, -0.2) is 36.6 Å². The predicted octanol–water partition coefficient (Wildman–Crippen LogP) is 3.82. The lowest BCUT2D eigenvalue weighted by molar-refractivity contribution is 0.0684. The number of carbonyl (C=O) groups is 1. The van der Waals surface area contributed by atoms with Crippen LogP contribution in [0.5, 0.6) is 29.0 Å². The molecule has 0 amide bonds. The molecule has 2 aromatic carbocycles. The van der Waals surface area contributed by atoms with Crippen molar-refractivity contribution in [1.82, 2.24) is 14.5 Å². The van der Waals surface area contributed by atoms with Gasteiger partial charge < -0.3 is 30.0 Å². The number of imidazole rings is 1. The average molecular weight is 467 g/mol. The number of aromatic carboxylic acids is 1. The summed E-state index contributed by atoms with van der Waals surface area (Å²) in [5, 5.41) is 26.8. The Bertz CT molecular complexity index is 1410. The number of phenols is 1. The summed E-state index contributed by atoms with van der Waals surface area (Å²) in [5.74, 6) is -8.16. The molecule has 34 heavy (non-hydrogen) atoms. The van der Waals surface area contributed by atoms with Crippen molar-refractivity contribution in [2.45, 2.75) is 0 Å². The molecule has 0 saturated heterocycles. The van der Waals surface area contributed by atoms with Crippen molar-refractivity contribution in [3.8, 4) is 34.7 Å². The second kappa shape index (κ2) is 8.86. The summed E-state index contributed by atoms with van der Waals surface area (Å²) in [6.45, 7) is 0. The van der Waals surface area contributed by atoms with Gasteiger partial charge >= 0.3 is 5.97 Å². The normalized spacial score (nSPS) is 10.6. The van der Waals surface area contributed by atoms with E-state index in [0.717, 1.165) is 12.1 Å². The maximum absolute atomic E-state index is 14.8. The van der Waals surface area contributed by atoms with Gasteiger partial charge in [0.1, 0.15) is 17.1 Å². The Morgan fingerprint density at radius 1 is 1.09 bits per heavy atom. The van der Waals surface area contributed by atoms with Gasteiger partial charge in [0.05, 0.1) is 12.0 Å². The SMILES string of the molecule is N=C(N)c1ccc(O)c(Oc2nc(Oc3cccc(-n4ccnc4)c3)c(F)c(C(=O)O)c2F)c1. The summed E-state index contributed by atoms with van der Waals surface area (Å²) >= 11 is 0. The monoisotopic (exact) mass is 467 g/mol. The zero-order valence-corrected chi connectivity index (χ0v) is 17.1. The molecule has 172 valence electrons. The second-order valence-electron chi connectivity index (χ2n) is 6.80. The van der Waals surface area contributed by atoms with E-state index < -0.39 is 46.4 Å². The highest BCUT2D eigenvalue weighted by Crippen LogP contribution is 2.36. The number of nitrogens with two attached hydrogens (primary N) is 1. The zero-order chi connectivity index (χ0) is 24.4. The first kappa shape index (κ1) is 22.2. The highest BCUT2D eigenvalue weighted by atomic mass is 19.1. The third kappa shape index (κ3) is 4.32. The number of amidine groups is 1. The lowest BCUT2D eigenvalue weighted by Gasteiger charge is -2.14.